The van der Waals surface area contributed by atoms with Gasteiger partial charge in [-0.05, 0) is 58.7 Å². The molecule has 0 spiro atoms. The molecule has 0 aliphatic rings. The van der Waals surface area contributed by atoms with Crippen LogP contribution in [0.2, 0.25) is 0 Å². The van der Waals surface area contributed by atoms with Gasteiger partial charge in [0.25, 0.3) is 0 Å². The molecule has 1 aromatic rings. The maximum Gasteiger partial charge on any atom is 0.325 e. The van der Waals surface area contributed by atoms with Crippen LogP contribution in [-0.4, -0.2) is 82.0 Å². The number of carboxylic acid groups (broad SMARTS) is 1. The topological polar surface area (TPSA) is 229 Å². The summed E-state index contributed by atoms with van der Waals surface area (Å²) in [4.78, 5) is 72.4. The molecule has 0 bridgehead atoms. The van der Waals surface area contributed by atoms with E-state index in [0.29, 0.717) is 0 Å². The van der Waals surface area contributed by atoms with Crippen LogP contribution >= 0.6 is 0 Å². The molecule has 0 aromatic heterocycles. The number of carbonyl (C=O) groups is 6. The van der Waals surface area contributed by atoms with Crippen molar-refractivity contribution in [1.29, 1.82) is 0 Å². The largest absolute Gasteiger partial charge is 0.508 e. The highest BCUT2D eigenvalue weighted by atomic mass is 16.4. The number of phenolic OH excluding ortho intramolecular Hbond substituents is 1. The molecule has 0 radical (unpaired) electrons. The lowest BCUT2D eigenvalue weighted by Crippen LogP contribution is -2.57. The van der Waals surface area contributed by atoms with E-state index < -0.39 is 71.8 Å². The van der Waals surface area contributed by atoms with E-state index in [2.05, 4.69) is 26.6 Å². The molecule has 0 aliphatic heterocycles. The maximum absolute atomic E-state index is 12.4. The summed E-state index contributed by atoms with van der Waals surface area (Å²) in [6.45, 7) is 6.78. The number of benzene rings is 1. The van der Waals surface area contributed by atoms with Crippen LogP contribution < -0.4 is 32.3 Å². The van der Waals surface area contributed by atoms with E-state index in [1.54, 1.807) is 12.1 Å². The van der Waals surface area contributed by atoms with E-state index in [0.717, 1.165) is 5.56 Å². The summed E-state index contributed by atoms with van der Waals surface area (Å²) in [6, 6.07) is -0.158. The average molecular weight is 537 g/mol. The number of nitrogens with one attached hydrogen (secondary N) is 5. The Hall–Kier alpha value is -4.20. The molecule has 6 atom stereocenters. The van der Waals surface area contributed by atoms with Crippen LogP contribution in [0.3, 0.4) is 0 Å². The number of carbonyl (C=O) groups excluding carboxylic acids is 5. The number of phenols is 1. The number of hydrogen-bond donors (Lipinski definition) is 8. The Kier molecular flexibility index (Phi) is 12.2. The first-order valence-corrected chi connectivity index (χ1v) is 11.9. The molecule has 5 amide bonds. The standard InChI is InChI=1S/C24H36N6O8/c1-11(20(33)28-13(3)22(35)30-15(5)24(37)38)26-19(32)12(2)27-21(34)14(4)29-23(36)18(25)10-16-6-8-17(31)9-7-16/h6-9,11-15,18,31H,10,25H2,1-5H3,(H,26,32)(H,27,34)(H,28,33)(H,29,36)(H,30,35)(H,37,38)/t11-,12-,13-,14-,15-,18-/m0/s1. The van der Waals surface area contributed by atoms with Crippen LogP contribution in [0, 0.1) is 0 Å². The van der Waals surface area contributed by atoms with E-state index >= 15 is 0 Å². The van der Waals surface area contributed by atoms with Gasteiger partial charge in [-0.3, -0.25) is 28.8 Å². The van der Waals surface area contributed by atoms with E-state index in [9.17, 15) is 33.9 Å². The van der Waals surface area contributed by atoms with Crippen molar-refractivity contribution in [2.45, 2.75) is 77.3 Å². The van der Waals surface area contributed by atoms with Crippen molar-refractivity contribution < 1.29 is 39.0 Å². The number of nitrogens with two attached hydrogens (primary N) is 1. The van der Waals surface area contributed by atoms with E-state index in [-0.39, 0.29) is 12.2 Å². The Balaban J connectivity index is 2.52. The molecule has 0 aliphatic carbocycles. The van der Waals surface area contributed by atoms with Gasteiger partial charge in [-0.25, -0.2) is 0 Å². The molecule has 0 unspecified atom stereocenters. The lowest BCUT2D eigenvalue weighted by molar-refractivity contribution is -0.141. The molecule has 0 fully saturated rings. The van der Waals surface area contributed by atoms with Crippen molar-refractivity contribution in [1.82, 2.24) is 26.6 Å². The Labute approximate surface area is 220 Å². The van der Waals surface area contributed by atoms with Gasteiger partial charge in [0.15, 0.2) is 0 Å². The zero-order valence-electron chi connectivity index (χ0n) is 21.9. The third-order valence-corrected chi connectivity index (χ3v) is 5.47. The molecular weight excluding hydrogens is 500 g/mol. The van der Waals surface area contributed by atoms with Crippen LogP contribution in [0.4, 0.5) is 0 Å². The number of aliphatic carboxylic acids is 1. The average Bonchev–Trinajstić information content (AvgIpc) is 2.84. The Morgan fingerprint density at radius 3 is 1.29 bits per heavy atom. The lowest BCUT2D eigenvalue weighted by Gasteiger charge is -2.22. The van der Waals surface area contributed by atoms with E-state index in [1.165, 1.54) is 46.8 Å². The Bertz CT molecular complexity index is 1030. The Morgan fingerprint density at radius 2 is 0.947 bits per heavy atom. The molecule has 0 heterocycles. The third-order valence-electron chi connectivity index (χ3n) is 5.47. The minimum atomic E-state index is -1.24. The highest BCUT2D eigenvalue weighted by Crippen LogP contribution is 2.11. The predicted molar refractivity (Wildman–Crippen MR) is 135 cm³/mol. The normalized spacial score (nSPS) is 15.4. The van der Waals surface area contributed by atoms with E-state index in [4.69, 9.17) is 10.8 Å². The fourth-order valence-corrected chi connectivity index (χ4v) is 2.98. The number of amides is 5. The number of aromatic hydroxyl groups is 1. The van der Waals surface area contributed by atoms with Crippen molar-refractivity contribution in [2.24, 2.45) is 5.73 Å². The summed E-state index contributed by atoms with van der Waals surface area (Å²) in [6.07, 6.45) is 0.179. The predicted octanol–water partition coefficient (Wildman–Crippen LogP) is -2.13. The second-order valence-corrected chi connectivity index (χ2v) is 8.97. The minimum Gasteiger partial charge on any atom is -0.508 e. The minimum absolute atomic E-state index is 0.0786. The zero-order chi connectivity index (χ0) is 29.2. The van der Waals surface area contributed by atoms with Crippen LogP contribution in [0.1, 0.15) is 40.2 Å². The van der Waals surface area contributed by atoms with Gasteiger partial charge in [-0.2, -0.15) is 0 Å². The number of rotatable bonds is 13. The summed E-state index contributed by atoms with van der Waals surface area (Å²) in [5.74, 6) is -4.52. The van der Waals surface area contributed by atoms with Gasteiger partial charge in [-0.1, -0.05) is 12.1 Å². The molecular formula is C24H36N6O8. The third kappa shape index (κ3) is 10.4. The molecule has 38 heavy (non-hydrogen) atoms. The molecule has 14 heteroatoms. The molecule has 210 valence electrons. The lowest BCUT2D eigenvalue weighted by atomic mass is 10.1. The van der Waals surface area contributed by atoms with Crippen LogP contribution in [-0.2, 0) is 35.2 Å². The van der Waals surface area contributed by atoms with Gasteiger partial charge in [0.2, 0.25) is 29.5 Å². The fraction of sp³-hybridized carbons (Fsp3) is 0.500. The molecule has 1 rings (SSSR count). The van der Waals surface area contributed by atoms with Gasteiger partial charge in [0, 0.05) is 0 Å². The molecule has 14 nitrogen and oxygen atoms in total. The molecule has 1 aromatic carbocycles. The number of carboxylic acids is 1. The van der Waals surface area contributed by atoms with E-state index in [1.807, 2.05) is 0 Å². The quantitative estimate of drug-likeness (QED) is 0.137. The second kappa shape index (κ2) is 14.5. The molecule has 0 saturated heterocycles. The van der Waals surface area contributed by atoms with Crippen LogP contribution in [0.15, 0.2) is 24.3 Å². The first-order valence-electron chi connectivity index (χ1n) is 11.9. The summed E-state index contributed by atoms with van der Waals surface area (Å²) in [5.41, 5.74) is 6.62. The molecule has 9 N–H and O–H groups in total. The van der Waals surface area contributed by atoms with Gasteiger partial charge >= 0.3 is 5.97 Å². The van der Waals surface area contributed by atoms with Crippen LogP contribution in [0.25, 0.3) is 0 Å². The van der Waals surface area contributed by atoms with Gasteiger partial charge in [0.05, 0.1) is 6.04 Å². The summed E-state index contributed by atoms with van der Waals surface area (Å²) in [7, 11) is 0. The van der Waals surface area contributed by atoms with Gasteiger partial charge < -0.3 is 42.5 Å². The monoisotopic (exact) mass is 536 g/mol. The van der Waals surface area contributed by atoms with Gasteiger partial charge in [0.1, 0.15) is 36.0 Å². The van der Waals surface area contributed by atoms with Crippen molar-refractivity contribution in [2.75, 3.05) is 0 Å². The second-order valence-electron chi connectivity index (χ2n) is 8.97. The highest BCUT2D eigenvalue weighted by Gasteiger charge is 2.27. The van der Waals surface area contributed by atoms with Crippen molar-refractivity contribution in [3.63, 3.8) is 0 Å². The number of hydrogen-bond acceptors (Lipinski definition) is 8. The van der Waals surface area contributed by atoms with Crippen molar-refractivity contribution >= 4 is 35.5 Å². The first kappa shape index (κ1) is 31.8. The van der Waals surface area contributed by atoms with Gasteiger partial charge in [-0.15, -0.1) is 0 Å². The summed E-state index contributed by atoms with van der Waals surface area (Å²) < 4.78 is 0. The first-order chi connectivity index (χ1) is 17.6. The fourth-order valence-electron chi connectivity index (χ4n) is 2.98. The summed E-state index contributed by atoms with van der Waals surface area (Å²) >= 11 is 0. The summed E-state index contributed by atoms with van der Waals surface area (Å²) in [5, 5.41) is 30.1. The Morgan fingerprint density at radius 1 is 0.632 bits per heavy atom. The maximum atomic E-state index is 12.4. The molecule has 0 saturated carbocycles. The van der Waals surface area contributed by atoms with Crippen molar-refractivity contribution in [3.8, 4) is 5.75 Å². The SMILES string of the molecule is C[C@H](NC(=O)[C@H](C)NC(=O)[C@H](C)NC(=O)[C@H](C)NC(=O)[C@H](C)NC(=O)[C@@H](N)Cc1ccc(O)cc1)C(=O)O. The smallest absolute Gasteiger partial charge is 0.325 e. The van der Waals surface area contributed by atoms with Crippen molar-refractivity contribution in [3.05, 3.63) is 29.8 Å². The zero-order valence-corrected chi connectivity index (χ0v) is 21.9. The highest BCUT2D eigenvalue weighted by molar-refractivity contribution is 5.95. The van der Waals surface area contributed by atoms with Crippen LogP contribution in [0.5, 0.6) is 5.75 Å².